The van der Waals surface area contributed by atoms with Crippen LogP contribution in [0.3, 0.4) is 0 Å². The second kappa shape index (κ2) is 9.44. The van der Waals surface area contributed by atoms with Crippen LogP contribution < -0.4 is 15.4 Å². The largest absolute Gasteiger partial charge is 0.455 e. The first kappa shape index (κ1) is 20.8. The van der Waals surface area contributed by atoms with E-state index in [1.54, 1.807) is 42.5 Å². The minimum absolute atomic E-state index is 0. The lowest BCUT2D eigenvalue weighted by molar-refractivity contribution is 0.0925. The molecule has 0 spiro atoms. The predicted molar refractivity (Wildman–Crippen MR) is 105 cm³/mol. The van der Waals surface area contributed by atoms with Gasteiger partial charge in [-0.25, -0.2) is 0 Å². The van der Waals surface area contributed by atoms with Crippen LogP contribution in [-0.2, 0) is 0 Å². The van der Waals surface area contributed by atoms with Gasteiger partial charge in [-0.1, -0.05) is 41.4 Å². The van der Waals surface area contributed by atoms with E-state index in [2.05, 4.69) is 10.6 Å². The zero-order chi connectivity index (χ0) is 17.8. The molecule has 8 heteroatoms. The Morgan fingerprint density at radius 2 is 1.81 bits per heavy atom. The molecule has 0 bridgehead atoms. The lowest BCUT2D eigenvalue weighted by Crippen LogP contribution is -2.34. The zero-order valence-corrected chi connectivity index (χ0v) is 16.1. The Balaban J connectivity index is 0.00000243. The van der Waals surface area contributed by atoms with Crippen molar-refractivity contribution in [1.29, 1.82) is 0 Å². The molecule has 1 amide bonds. The summed E-state index contributed by atoms with van der Waals surface area (Å²) in [6, 6.07) is 12.0. The van der Waals surface area contributed by atoms with Gasteiger partial charge in [-0.2, -0.15) is 0 Å². The number of benzene rings is 2. The molecule has 140 valence electrons. The third-order valence-electron chi connectivity index (χ3n) is 4.09. The average Bonchev–Trinajstić information content (AvgIpc) is 3.00. The van der Waals surface area contributed by atoms with Crippen molar-refractivity contribution in [3.8, 4) is 11.5 Å². The normalized spacial score (nSPS) is 18.9. The van der Waals surface area contributed by atoms with Crippen molar-refractivity contribution < 1.29 is 14.6 Å². The van der Waals surface area contributed by atoms with Crippen molar-refractivity contribution in [3.05, 3.63) is 58.1 Å². The zero-order valence-electron chi connectivity index (χ0n) is 13.7. The molecule has 2 atom stereocenters. The van der Waals surface area contributed by atoms with Gasteiger partial charge in [-0.3, -0.25) is 4.79 Å². The van der Waals surface area contributed by atoms with E-state index in [0.717, 1.165) is 0 Å². The fraction of sp³-hybridized carbons (Fsp3) is 0.278. The number of aliphatic hydroxyl groups is 1. The standard InChI is InChI=1S/C18H18Cl2N2O3.ClH/c19-12-4-1-2-6-15(12)25-16-7-3-5-13(20)17(16)18(24)22-9-11-8-21-10-14(11)23;/h1-7,11,14,21,23H,8-10H2,(H,22,24);1H. The van der Waals surface area contributed by atoms with Gasteiger partial charge >= 0.3 is 0 Å². The summed E-state index contributed by atoms with van der Waals surface area (Å²) in [5.74, 6) is 0.380. The van der Waals surface area contributed by atoms with Crippen LogP contribution in [0.15, 0.2) is 42.5 Å². The molecule has 2 unspecified atom stereocenters. The molecule has 2 aromatic carbocycles. The van der Waals surface area contributed by atoms with Gasteiger partial charge < -0.3 is 20.5 Å². The SMILES string of the molecule is Cl.O=C(NCC1CNCC1O)c1c(Cl)cccc1Oc1ccccc1Cl. The number of rotatable bonds is 5. The van der Waals surface area contributed by atoms with Gasteiger partial charge in [0, 0.05) is 25.6 Å². The van der Waals surface area contributed by atoms with Crippen LogP contribution in [0.5, 0.6) is 11.5 Å². The van der Waals surface area contributed by atoms with Gasteiger partial charge in [-0.15, -0.1) is 12.4 Å². The molecule has 26 heavy (non-hydrogen) atoms. The monoisotopic (exact) mass is 416 g/mol. The number of hydrogen-bond acceptors (Lipinski definition) is 4. The van der Waals surface area contributed by atoms with Crippen molar-refractivity contribution in [2.45, 2.75) is 6.10 Å². The Kier molecular flexibility index (Phi) is 7.55. The number of aliphatic hydroxyl groups excluding tert-OH is 1. The van der Waals surface area contributed by atoms with Crippen LogP contribution in [-0.4, -0.2) is 36.8 Å². The summed E-state index contributed by atoms with van der Waals surface area (Å²) in [4.78, 5) is 12.6. The first-order valence-corrected chi connectivity index (χ1v) is 8.69. The summed E-state index contributed by atoms with van der Waals surface area (Å²) in [6.45, 7) is 1.55. The molecule has 1 fully saturated rings. The van der Waals surface area contributed by atoms with Gasteiger partial charge in [0.2, 0.25) is 0 Å². The van der Waals surface area contributed by atoms with E-state index in [4.69, 9.17) is 27.9 Å². The number of carbonyl (C=O) groups is 1. The minimum Gasteiger partial charge on any atom is -0.455 e. The molecule has 0 radical (unpaired) electrons. The fourth-order valence-electron chi connectivity index (χ4n) is 2.70. The number of β-amino-alcohol motifs (C(OH)–C–C–N with tert-alkyl or cyclic N) is 1. The maximum Gasteiger partial charge on any atom is 0.256 e. The highest BCUT2D eigenvalue weighted by Crippen LogP contribution is 2.33. The summed E-state index contributed by atoms with van der Waals surface area (Å²) in [5, 5.41) is 16.4. The maximum absolute atomic E-state index is 12.6. The molecule has 1 aliphatic rings. The van der Waals surface area contributed by atoms with Crippen LogP contribution in [0, 0.1) is 5.92 Å². The van der Waals surface area contributed by atoms with E-state index >= 15 is 0 Å². The smallest absolute Gasteiger partial charge is 0.256 e. The Labute approximate surface area is 168 Å². The van der Waals surface area contributed by atoms with Gasteiger partial charge in [0.1, 0.15) is 17.1 Å². The number of hydrogen-bond donors (Lipinski definition) is 3. The van der Waals surface area contributed by atoms with Crippen LogP contribution >= 0.6 is 35.6 Å². The third kappa shape index (κ3) is 4.81. The molecule has 0 aliphatic carbocycles. The fourth-order valence-corrected chi connectivity index (χ4v) is 3.12. The Hall–Kier alpha value is -1.50. The molecule has 1 saturated heterocycles. The van der Waals surface area contributed by atoms with Gasteiger partial charge in [0.05, 0.1) is 16.1 Å². The number of halogens is 3. The highest BCUT2D eigenvalue weighted by Gasteiger charge is 2.26. The summed E-state index contributed by atoms with van der Waals surface area (Å²) >= 11 is 12.3. The highest BCUT2D eigenvalue weighted by molar-refractivity contribution is 6.34. The molecule has 0 saturated carbocycles. The number of ether oxygens (including phenoxy) is 1. The van der Waals surface area contributed by atoms with Gasteiger partial charge in [-0.05, 0) is 24.3 Å². The number of amides is 1. The van der Waals surface area contributed by atoms with Crippen LogP contribution in [0.2, 0.25) is 10.0 Å². The van der Waals surface area contributed by atoms with Crippen molar-refractivity contribution in [2.24, 2.45) is 5.92 Å². The number of nitrogens with one attached hydrogen (secondary N) is 2. The molecule has 5 nitrogen and oxygen atoms in total. The summed E-state index contributed by atoms with van der Waals surface area (Å²) in [7, 11) is 0. The average molecular weight is 418 g/mol. The third-order valence-corrected chi connectivity index (χ3v) is 4.72. The van der Waals surface area contributed by atoms with Crippen molar-refractivity contribution in [2.75, 3.05) is 19.6 Å². The Bertz CT molecular complexity index is 773. The Morgan fingerprint density at radius 3 is 2.50 bits per heavy atom. The summed E-state index contributed by atoms with van der Waals surface area (Å²) in [5.41, 5.74) is 0.240. The quantitative estimate of drug-likeness (QED) is 0.696. The second-order valence-corrected chi connectivity index (χ2v) is 6.66. The highest BCUT2D eigenvalue weighted by atomic mass is 35.5. The Morgan fingerprint density at radius 1 is 1.12 bits per heavy atom. The lowest BCUT2D eigenvalue weighted by Gasteiger charge is -2.16. The molecular weight excluding hydrogens is 399 g/mol. The number of carbonyl (C=O) groups excluding carboxylic acids is 1. The van der Waals surface area contributed by atoms with Crippen LogP contribution in [0.25, 0.3) is 0 Å². The van der Waals surface area contributed by atoms with Gasteiger partial charge in [0.25, 0.3) is 5.91 Å². The second-order valence-electron chi connectivity index (χ2n) is 5.84. The van der Waals surface area contributed by atoms with Gasteiger partial charge in [0.15, 0.2) is 0 Å². The van der Waals surface area contributed by atoms with E-state index < -0.39 is 6.10 Å². The van der Waals surface area contributed by atoms with Crippen molar-refractivity contribution >= 4 is 41.5 Å². The van der Waals surface area contributed by atoms with Crippen molar-refractivity contribution in [3.63, 3.8) is 0 Å². The van der Waals surface area contributed by atoms with Crippen molar-refractivity contribution in [1.82, 2.24) is 10.6 Å². The predicted octanol–water partition coefficient (Wildman–Crippen LogP) is 3.52. The lowest BCUT2D eigenvalue weighted by atomic mass is 10.1. The van der Waals surface area contributed by atoms with E-state index in [1.165, 1.54) is 0 Å². The maximum atomic E-state index is 12.6. The van der Waals surface area contributed by atoms with E-state index in [0.29, 0.717) is 36.2 Å². The van der Waals surface area contributed by atoms with E-state index in [-0.39, 0.29) is 34.8 Å². The summed E-state index contributed by atoms with van der Waals surface area (Å²) in [6.07, 6.45) is -0.467. The van der Waals surface area contributed by atoms with E-state index in [9.17, 15) is 9.90 Å². The first-order chi connectivity index (χ1) is 12.1. The molecule has 1 heterocycles. The molecule has 1 aliphatic heterocycles. The molecule has 2 aromatic rings. The molecular formula is C18H19Cl3N2O3. The molecule has 0 aromatic heterocycles. The van der Waals surface area contributed by atoms with Crippen LogP contribution in [0.1, 0.15) is 10.4 Å². The molecule has 3 N–H and O–H groups in total. The van der Waals surface area contributed by atoms with E-state index in [1.807, 2.05) is 0 Å². The first-order valence-electron chi connectivity index (χ1n) is 7.94. The topological polar surface area (TPSA) is 70.6 Å². The minimum atomic E-state index is -0.467. The van der Waals surface area contributed by atoms with Crippen LogP contribution in [0.4, 0.5) is 0 Å². The summed E-state index contributed by atoms with van der Waals surface area (Å²) < 4.78 is 5.80. The number of para-hydroxylation sites is 1. The molecule has 3 rings (SSSR count).